The van der Waals surface area contributed by atoms with E-state index in [2.05, 4.69) is 5.32 Å². The number of likely N-dealkylation sites (tertiary alicyclic amines) is 1. The van der Waals surface area contributed by atoms with Crippen LogP contribution in [0, 0.1) is 0 Å². The Hall–Kier alpha value is -3.02. The molecule has 0 spiro atoms. The van der Waals surface area contributed by atoms with Crippen molar-refractivity contribution in [3.63, 3.8) is 0 Å². The molecule has 0 atom stereocenters. The van der Waals surface area contributed by atoms with Crippen LogP contribution >= 0.6 is 0 Å². The Kier molecular flexibility index (Phi) is 6.53. The third kappa shape index (κ3) is 4.44. The first kappa shape index (κ1) is 19.7. The minimum absolute atomic E-state index is 0.0414. The molecule has 0 saturated carbocycles. The third-order valence-corrected chi connectivity index (χ3v) is 4.77. The largest absolute Gasteiger partial charge is 0.493 e. The monoisotopic (exact) mass is 382 g/mol. The second-order valence-electron chi connectivity index (χ2n) is 6.65. The average Bonchev–Trinajstić information content (AvgIpc) is 2.74. The number of carbonyl (C=O) groups is 2. The molecule has 0 radical (unpaired) electrons. The van der Waals surface area contributed by atoms with E-state index in [1.165, 1.54) is 0 Å². The van der Waals surface area contributed by atoms with Gasteiger partial charge in [0.05, 0.1) is 25.0 Å². The summed E-state index contributed by atoms with van der Waals surface area (Å²) >= 11 is 0. The number of hydrogen-bond acceptors (Lipinski definition) is 4. The van der Waals surface area contributed by atoms with Crippen molar-refractivity contribution in [2.75, 3.05) is 32.1 Å². The number of nitrogens with one attached hydrogen (secondary N) is 1. The molecule has 0 bridgehead atoms. The standard InChI is InChI=1S/C22H26N2O4/c1-3-28-20-15-16(11-12-19(20)27-2)21(25)23-18-10-6-5-9-17(18)22(26)24-13-7-4-8-14-24/h5-6,9-12,15H,3-4,7-8,13-14H2,1-2H3,(H,23,25). The number of para-hydroxylation sites is 1. The van der Waals surface area contributed by atoms with Crippen molar-refractivity contribution >= 4 is 17.5 Å². The van der Waals surface area contributed by atoms with Gasteiger partial charge in [-0.2, -0.15) is 0 Å². The lowest BCUT2D eigenvalue weighted by Gasteiger charge is -2.27. The highest BCUT2D eigenvalue weighted by Gasteiger charge is 2.21. The molecule has 1 fully saturated rings. The normalized spacial score (nSPS) is 13.7. The third-order valence-electron chi connectivity index (χ3n) is 4.77. The van der Waals surface area contributed by atoms with Gasteiger partial charge in [0.2, 0.25) is 0 Å². The quantitative estimate of drug-likeness (QED) is 0.821. The molecule has 0 aliphatic carbocycles. The van der Waals surface area contributed by atoms with Crippen LogP contribution in [-0.4, -0.2) is 43.5 Å². The molecule has 1 aliphatic rings. The Morgan fingerprint density at radius 1 is 1.04 bits per heavy atom. The number of carbonyl (C=O) groups excluding carboxylic acids is 2. The van der Waals surface area contributed by atoms with Gasteiger partial charge in [0.25, 0.3) is 11.8 Å². The fraction of sp³-hybridized carbons (Fsp3) is 0.364. The molecule has 148 valence electrons. The summed E-state index contributed by atoms with van der Waals surface area (Å²) in [5, 5.41) is 2.87. The molecule has 6 nitrogen and oxygen atoms in total. The van der Waals surface area contributed by atoms with Gasteiger partial charge >= 0.3 is 0 Å². The Morgan fingerprint density at radius 3 is 2.50 bits per heavy atom. The number of benzene rings is 2. The zero-order chi connectivity index (χ0) is 19.9. The van der Waals surface area contributed by atoms with Crippen LogP contribution in [-0.2, 0) is 0 Å². The number of nitrogens with zero attached hydrogens (tertiary/aromatic N) is 1. The molecule has 2 amide bonds. The molecule has 28 heavy (non-hydrogen) atoms. The van der Waals surface area contributed by atoms with E-state index >= 15 is 0 Å². The van der Waals surface area contributed by atoms with E-state index in [-0.39, 0.29) is 11.8 Å². The van der Waals surface area contributed by atoms with E-state index in [4.69, 9.17) is 9.47 Å². The highest BCUT2D eigenvalue weighted by Crippen LogP contribution is 2.29. The van der Waals surface area contributed by atoms with E-state index in [1.54, 1.807) is 37.4 Å². The van der Waals surface area contributed by atoms with Gasteiger partial charge in [-0.1, -0.05) is 12.1 Å². The van der Waals surface area contributed by atoms with Crippen LogP contribution in [0.3, 0.4) is 0 Å². The number of rotatable bonds is 6. The van der Waals surface area contributed by atoms with Crippen LogP contribution in [0.25, 0.3) is 0 Å². The van der Waals surface area contributed by atoms with Crippen LogP contribution in [0.15, 0.2) is 42.5 Å². The van der Waals surface area contributed by atoms with Crippen LogP contribution in [0.4, 0.5) is 5.69 Å². The number of hydrogen-bond donors (Lipinski definition) is 1. The fourth-order valence-corrected chi connectivity index (χ4v) is 3.33. The summed E-state index contributed by atoms with van der Waals surface area (Å²) in [5.41, 5.74) is 1.46. The molecule has 0 aromatic heterocycles. The van der Waals surface area contributed by atoms with Crippen LogP contribution in [0.2, 0.25) is 0 Å². The van der Waals surface area contributed by atoms with Crippen molar-refractivity contribution in [2.24, 2.45) is 0 Å². The average molecular weight is 382 g/mol. The molecule has 1 saturated heterocycles. The van der Waals surface area contributed by atoms with E-state index in [0.29, 0.717) is 34.9 Å². The van der Waals surface area contributed by atoms with E-state index in [1.807, 2.05) is 24.0 Å². The number of methoxy groups -OCH3 is 1. The predicted molar refractivity (Wildman–Crippen MR) is 108 cm³/mol. The number of piperidine rings is 1. The van der Waals surface area contributed by atoms with Crippen molar-refractivity contribution in [2.45, 2.75) is 26.2 Å². The summed E-state index contributed by atoms with van der Waals surface area (Å²) in [7, 11) is 1.56. The molecule has 2 aromatic carbocycles. The number of anilines is 1. The summed E-state index contributed by atoms with van der Waals surface area (Å²) in [6, 6.07) is 12.1. The summed E-state index contributed by atoms with van der Waals surface area (Å²) in [4.78, 5) is 27.5. The SMILES string of the molecule is CCOc1cc(C(=O)Nc2ccccc2C(=O)N2CCCCC2)ccc1OC. The molecule has 6 heteroatoms. The lowest BCUT2D eigenvalue weighted by atomic mass is 10.1. The van der Waals surface area contributed by atoms with Gasteiger partial charge in [0, 0.05) is 18.7 Å². The molecule has 1 aliphatic heterocycles. The Morgan fingerprint density at radius 2 is 1.79 bits per heavy atom. The molecule has 1 N–H and O–H groups in total. The van der Waals surface area contributed by atoms with E-state index < -0.39 is 0 Å². The summed E-state index contributed by atoms with van der Waals surface area (Å²) in [5.74, 6) is 0.734. The highest BCUT2D eigenvalue weighted by atomic mass is 16.5. The zero-order valence-corrected chi connectivity index (χ0v) is 16.4. The van der Waals surface area contributed by atoms with Gasteiger partial charge in [-0.3, -0.25) is 9.59 Å². The van der Waals surface area contributed by atoms with E-state index in [0.717, 1.165) is 32.4 Å². The molecule has 2 aromatic rings. The maximum Gasteiger partial charge on any atom is 0.255 e. The number of ether oxygens (including phenoxy) is 2. The second kappa shape index (κ2) is 9.26. The Balaban J connectivity index is 1.81. The summed E-state index contributed by atoms with van der Waals surface area (Å²) < 4.78 is 10.8. The molecule has 3 rings (SSSR count). The Bertz CT molecular complexity index is 844. The van der Waals surface area contributed by atoms with E-state index in [9.17, 15) is 9.59 Å². The Labute approximate surface area is 165 Å². The second-order valence-corrected chi connectivity index (χ2v) is 6.65. The van der Waals surface area contributed by atoms with Crippen molar-refractivity contribution < 1.29 is 19.1 Å². The lowest BCUT2D eigenvalue weighted by Crippen LogP contribution is -2.36. The smallest absolute Gasteiger partial charge is 0.255 e. The maximum absolute atomic E-state index is 12.9. The lowest BCUT2D eigenvalue weighted by molar-refractivity contribution is 0.0725. The predicted octanol–water partition coefficient (Wildman–Crippen LogP) is 3.97. The van der Waals surface area contributed by atoms with Gasteiger partial charge in [-0.25, -0.2) is 0 Å². The molecular formula is C22H26N2O4. The molecule has 1 heterocycles. The van der Waals surface area contributed by atoms with Gasteiger partial charge in [-0.05, 0) is 56.5 Å². The summed E-state index contributed by atoms with van der Waals surface area (Å²) in [6.07, 6.45) is 3.19. The first-order chi connectivity index (χ1) is 13.6. The van der Waals surface area contributed by atoms with Crippen molar-refractivity contribution in [3.05, 3.63) is 53.6 Å². The minimum atomic E-state index is -0.303. The first-order valence-corrected chi connectivity index (χ1v) is 9.64. The van der Waals surface area contributed by atoms with Crippen molar-refractivity contribution in [3.8, 4) is 11.5 Å². The highest BCUT2D eigenvalue weighted by molar-refractivity contribution is 6.09. The fourth-order valence-electron chi connectivity index (χ4n) is 3.33. The molecule has 0 unspecified atom stereocenters. The summed E-state index contributed by atoms with van der Waals surface area (Å²) in [6.45, 7) is 3.86. The number of amides is 2. The van der Waals surface area contributed by atoms with Crippen LogP contribution < -0.4 is 14.8 Å². The van der Waals surface area contributed by atoms with Crippen LogP contribution in [0.5, 0.6) is 11.5 Å². The van der Waals surface area contributed by atoms with Gasteiger partial charge < -0.3 is 19.7 Å². The van der Waals surface area contributed by atoms with Gasteiger partial charge in [0.15, 0.2) is 11.5 Å². The zero-order valence-electron chi connectivity index (χ0n) is 16.4. The topological polar surface area (TPSA) is 67.9 Å². The van der Waals surface area contributed by atoms with Gasteiger partial charge in [0.1, 0.15) is 0 Å². The van der Waals surface area contributed by atoms with Crippen molar-refractivity contribution in [1.82, 2.24) is 4.90 Å². The minimum Gasteiger partial charge on any atom is -0.493 e. The first-order valence-electron chi connectivity index (χ1n) is 9.64. The maximum atomic E-state index is 12.9. The van der Waals surface area contributed by atoms with Gasteiger partial charge in [-0.15, -0.1) is 0 Å². The van der Waals surface area contributed by atoms with Crippen LogP contribution in [0.1, 0.15) is 46.9 Å². The van der Waals surface area contributed by atoms with Crippen molar-refractivity contribution in [1.29, 1.82) is 0 Å². The molecular weight excluding hydrogens is 356 g/mol.